The molecule has 0 saturated carbocycles. The number of primary sulfonamides is 1. The summed E-state index contributed by atoms with van der Waals surface area (Å²) in [5.74, 6) is 0.126. The highest BCUT2D eigenvalue weighted by atomic mass is 32.2. The Morgan fingerprint density at radius 3 is 2.31 bits per heavy atom. The number of sulfonamides is 1. The lowest BCUT2D eigenvalue weighted by Crippen LogP contribution is -2.18. The minimum atomic E-state index is -4.46. The van der Waals surface area contributed by atoms with Crippen molar-refractivity contribution in [3.8, 4) is 22.5 Å². The van der Waals surface area contributed by atoms with Gasteiger partial charge in [0.1, 0.15) is 10.7 Å². The van der Waals surface area contributed by atoms with Crippen LogP contribution in [0.5, 0.6) is 0 Å². The molecule has 0 aliphatic rings. The molecule has 1 aromatic carbocycles. The summed E-state index contributed by atoms with van der Waals surface area (Å²) in [6, 6.07) is 5.68. The minimum absolute atomic E-state index is 0.101. The summed E-state index contributed by atoms with van der Waals surface area (Å²) >= 11 is 0. The number of sulfone groups is 1. The number of nitrogens with two attached hydrogens (primary N) is 2. The van der Waals surface area contributed by atoms with E-state index in [9.17, 15) is 16.8 Å². The molecule has 0 aliphatic heterocycles. The zero-order valence-electron chi connectivity index (χ0n) is 13.3. The molecule has 13 heteroatoms. The lowest BCUT2D eigenvalue weighted by molar-refractivity contribution is 0.586. The van der Waals surface area contributed by atoms with E-state index in [4.69, 9.17) is 10.9 Å². The molecule has 2 aromatic heterocycles. The van der Waals surface area contributed by atoms with E-state index in [1.165, 1.54) is 18.3 Å². The Kier molecular flexibility index (Phi) is 4.21. The number of H-pyrrole nitrogens is 1. The van der Waals surface area contributed by atoms with E-state index in [1.807, 2.05) is 0 Å². The number of aromatic amines is 1. The lowest BCUT2D eigenvalue weighted by Gasteiger charge is -2.14. The molecule has 0 radical (unpaired) electrons. The fourth-order valence-electron chi connectivity index (χ4n) is 2.43. The second kappa shape index (κ2) is 6.12. The number of nitrogens with zero attached hydrogens (tertiary/aromatic N) is 4. The van der Waals surface area contributed by atoms with Crippen molar-refractivity contribution in [1.82, 2.24) is 25.6 Å². The molecule has 26 heavy (non-hydrogen) atoms. The SMILES string of the molecule is CS(=O)(=O)c1ccc(-c2ccc(N)nc2)c(-c2nn[nH]n2)c1S(N)(=O)=O. The average molecular weight is 395 g/mol. The number of hydrogen-bond donors (Lipinski definition) is 3. The van der Waals surface area contributed by atoms with Crippen molar-refractivity contribution in [3.05, 3.63) is 30.5 Å². The van der Waals surface area contributed by atoms with Crippen LogP contribution in [0, 0.1) is 0 Å². The van der Waals surface area contributed by atoms with Crippen LogP contribution >= 0.6 is 0 Å². The number of tetrazole rings is 1. The molecule has 11 nitrogen and oxygen atoms in total. The van der Waals surface area contributed by atoms with Gasteiger partial charge < -0.3 is 5.73 Å². The number of anilines is 1. The molecule has 2 heterocycles. The maximum Gasteiger partial charge on any atom is 0.240 e. The predicted molar refractivity (Wildman–Crippen MR) is 91.7 cm³/mol. The van der Waals surface area contributed by atoms with Crippen LogP contribution in [0.2, 0.25) is 0 Å². The van der Waals surface area contributed by atoms with Gasteiger partial charge in [0.25, 0.3) is 0 Å². The zero-order valence-corrected chi connectivity index (χ0v) is 14.9. The molecule has 0 bridgehead atoms. The van der Waals surface area contributed by atoms with Gasteiger partial charge in [-0.3, -0.25) is 0 Å². The second-order valence-electron chi connectivity index (χ2n) is 5.34. The number of pyridine rings is 1. The molecule has 3 aromatic rings. The van der Waals surface area contributed by atoms with Crippen LogP contribution in [-0.4, -0.2) is 48.7 Å². The zero-order chi connectivity index (χ0) is 19.1. The monoisotopic (exact) mass is 395 g/mol. The summed E-state index contributed by atoms with van der Waals surface area (Å²) in [4.78, 5) is 2.87. The van der Waals surface area contributed by atoms with Crippen molar-refractivity contribution in [2.24, 2.45) is 5.14 Å². The van der Waals surface area contributed by atoms with Gasteiger partial charge >= 0.3 is 0 Å². The fraction of sp³-hybridized carbons (Fsp3) is 0.0769. The Hall–Kier alpha value is -2.90. The van der Waals surface area contributed by atoms with E-state index in [-0.39, 0.29) is 17.2 Å². The highest BCUT2D eigenvalue weighted by Gasteiger charge is 2.30. The van der Waals surface area contributed by atoms with Crippen LogP contribution in [-0.2, 0) is 19.9 Å². The summed E-state index contributed by atoms with van der Waals surface area (Å²) in [6.45, 7) is 0. The van der Waals surface area contributed by atoms with Gasteiger partial charge in [-0.2, -0.15) is 5.21 Å². The smallest absolute Gasteiger partial charge is 0.240 e. The molecular formula is C13H13N7O4S2. The number of benzene rings is 1. The molecule has 136 valence electrons. The molecule has 0 unspecified atom stereocenters. The third-order valence-electron chi connectivity index (χ3n) is 3.47. The molecule has 0 atom stereocenters. The Labute approximate surface area is 148 Å². The first-order chi connectivity index (χ1) is 12.1. The first kappa shape index (κ1) is 17.9. The standard InChI is InChI=1S/C13H13N7O4S2/c1-25(21,22)9-4-3-8(7-2-5-10(14)16-6-7)11(12(9)26(15,23)24)13-17-19-20-18-13/h2-6H,1H3,(H2,14,16)(H2,15,23,24)(H,17,18,19,20). The number of hydrogen-bond acceptors (Lipinski definition) is 9. The maximum atomic E-state index is 12.2. The van der Waals surface area contributed by atoms with Gasteiger partial charge in [-0.25, -0.2) is 27.0 Å². The molecular weight excluding hydrogens is 382 g/mol. The molecule has 0 amide bonds. The Morgan fingerprint density at radius 1 is 1.08 bits per heavy atom. The van der Waals surface area contributed by atoms with Crippen LogP contribution in [0.4, 0.5) is 5.82 Å². The van der Waals surface area contributed by atoms with Crippen molar-refractivity contribution >= 4 is 25.7 Å². The maximum absolute atomic E-state index is 12.2. The van der Waals surface area contributed by atoms with Crippen LogP contribution in [0.1, 0.15) is 0 Å². The number of nitrogen functional groups attached to an aromatic ring is 1. The topological polar surface area (TPSA) is 188 Å². The molecule has 0 fully saturated rings. The van der Waals surface area contributed by atoms with Crippen molar-refractivity contribution < 1.29 is 16.8 Å². The first-order valence-electron chi connectivity index (χ1n) is 6.94. The molecule has 0 spiro atoms. The quantitative estimate of drug-likeness (QED) is 0.526. The third-order valence-corrected chi connectivity index (χ3v) is 5.73. The van der Waals surface area contributed by atoms with E-state index in [0.29, 0.717) is 11.1 Å². The van der Waals surface area contributed by atoms with E-state index >= 15 is 0 Å². The van der Waals surface area contributed by atoms with E-state index < -0.39 is 29.7 Å². The van der Waals surface area contributed by atoms with Crippen molar-refractivity contribution in [2.45, 2.75) is 9.79 Å². The lowest BCUT2D eigenvalue weighted by atomic mass is 10.0. The normalized spacial score (nSPS) is 12.2. The predicted octanol–water partition coefficient (Wildman–Crippen LogP) is -0.438. The van der Waals surface area contributed by atoms with Crippen LogP contribution < -0.4 is 10.9 Å². The first-order valence-corrected chi connectivity index (χ1v) is 10.4. The van der Waals surface area contributed by atoms with Crippen molar-refractivity contribution in [1.29, 1.82) is 0 Å². The minimum Gasteiger partial charge on any atom is -0.384 e. The molecule has 3 rings (SSSR count). The largest absolute Gasteiger partial charge is 0.384 e. The molecule has 0 saturated heterocycles. The summed E-state index contributed by atoms with van der Waals surface area (Å²) < 4.78 is 48.7. The van der Waals surface area contributed by atoms with Crippen LogP contribution in [0.3, 0.4) is 0 Å². The van der Waals surface area contributed by atoms with Gasteiger partial charge in [0.05, 0.1) is 10.5 Å². The summed E-state index contributed by atoms with van der Waals surface area (Å²) in [5.41, 5.74) is 6.23. The van der Waals surface area contributed by atoms with Crippen LogP contribution in [0.15, 0.2) is 40.3 Å². The van der Waals surface area contributed by atoms with Gasteiger partial charge in [-0.15, -0.1) is 10.2 Å². The summed E-state index contributed by atoms with van der Waals surface area (Å²) in [7, 11) is -8.37. The Bertz CT molecular complexity index is 1170. The molecule has 0 aliphatic carbocycles. The van der Waals surface area contributed by atoms with Crippen molar-refractivity contribution in [3.63, 3.8) is 0 Å². The summed E-state index contributed by atoms with van der Waals surface area (Å²) in [6.07, 6.45) is 2.28. The van der Waals surface area contributed by atoms with E-state index in [1.54, 1.807) is 6.07 Å². The van der Waals surface area contributed by atoms with Gasteiger partial charge in [-0.05, 0) is 29.0 Å². The van der Waals surface area contributed by atoms with E-state index in [0.717, 1.165) is 12.3 Å². The van der Waals surface area contributed by atoms with Crippen molar-refractivity contribution in [2.75, 3.05) is 12.0 Å². The fourth-order valence-corrected chi connectivity index (χ4v) is 4.82. The van der Waals surface area contributed by atoms with Crippen LogP contribution in [0.25, 0.3) is 22.5 Å². The molecule has 5 N–H and O–H groups in total. The van der Waals surface area contributed by atoms with Gasteiger partial charge in [0, 0.05) is 18.0 Å². The number of rotatable bonds is 4. The van der Waals surface area contributed by atoms with Gasteiger partial charge in [0.15, 0.2) is 9.84 Å². The second-order valence-corrected chi connectivity index (χ2v) is 8.82. The highest BCUT2D eigenvalue weighted by molar-refractivity contribution is 7.93. The Morgan fingerprint density at radius 2 is 1.81 bits per heavy atom. The third kappa shape index (κ3) is 3.26. The highest BCUT2D eigenvalue weighted by Crippen LogP contribution is 2.38. The van der Waals surface area contributed by atoms with Gasteiger partial charge in [-0.1, -0.05) is 6.07 Å². The van der Waals surface area contributed by atoms with Gasteiger partial charge in [0.2, 0.25) is 15.8 Å². The average Bonchev–Trinajstić information content (AvgIpc) is 3.06. The van der Waals surface area contributed by atoms with E-state index in [2.05, 4.69) is 25.6 Å². The summed E-state index contributed by atoms with van der Waals surface area (Å²) in [5, 5.41) is 18.5. The number of nitrogens with one attached hydrogen (secondary N) is 1. The Balaban J connectivity index is 2.50. The number of aromatic nitrogens is 5.